The summed E-state index contributed by atoms with van der Waals surface area (Å²) in [4.78, 5) is 0. The zero-order chi connectivity index (χ0) is 21.7. The molecule has 0 saturated carbocycles. The fourth-order valence-electron chi connectivity index (χ4n) is 3.76. The number of rotatable bonds is 16. The van der Waals surface area contributed by atoms with Crippen molar-refractivity contribution in [3.63, 3.8) is 0 Å². The molecule has 5 atom stereocenters. The lowest BCUT2D eigenvalue weighted by Crippen LogP contribution is -2.59. The van der Waals surface area contributed by atoms with Gasteiger partial charge < -0.3 is 34.4 Å². The van der Waals surface area contributed by atoms with Gasteiger partial charge in [-0.1, -0.05) is 58.3 Å². The quantitative estimate of drug-likeness (QED) is 0.224. The molecule has 0 aromatic carbocycles. The Kier molecular flexibility index (Phi) is 13.5. The molecule has 0 bridgehead atoms. The number of hydrogen-bond donors (Lipinski definition) is 4. The highest BCUT2D eigenvalue weighted by Gasteiger charge is 2.44. The van der Waals surface area contributed by atoms with Gasteiger partial charge in [0.15, 0.2) is 6.29 Å². The molecule has 4 N–H and O–H groups in total. The average Bonchev–Trinajstić information content (AvgIpc) is 2.69. The first-order chi connectivity index (χ1) is 13.8. The van der Waals surface area contributed by atoms with Gasteiger partial charge in [-0.25, -0.2) is 0 Å². The van der Waals surface area contributed by atoms with Crippen LogP contribution in [0.25, 0.3) is 0 Å². The van der Waals surface area contributed by atoms with E-state index in [2.05, 4.69) is 21.0 Å². The predicted octanol–water partition coefficient (Wildman–Crippen LogP) is 1.80. The van der Waals surface area contributed by atoms with Gasteiger partial charge in [0.1, 0.15) is 31.0 Å². The molecule has 1 aliphatic rings. The Bertz CT molecular complexity index is 407. The first-order valence-corrected chi connectivity index (χ1v) is 11.6. The van der Waals surface area contributed by atoms with Gasteiger partial charge in [-0.05, 0) is 12.8 Å². The maximum Gasteiger partial charge on any atom is 0.186 e. The molecular formula is C22H46NO6+. The Hall–Kier alpha value is -0.280. The summed E-state index contributed by atoms with van der Waals surface area (Å²) >= 11 is 0. The lowest BCUT2D eigenvalue weighted by Gasteiger charge is -2.40. The second-order valence-electron chi connectivity index (χ2n) is 9.13. The lowest BCUT2D eigenvalue weighted by atomic mass is 9.99. The van der Waals surface area contributed by atoms with E-state index in [0.29, 0.717) is 6.61 Å². The van der Waals surface area contributed by atoms with Crippen LogP contribution in [0.2, 0.25) is 0 Å². The molecule has 1 rings (SSSR count). The second kappa shape index (κ2) is 14.7. The summed E-state index contributed by atoms with van der Waals surface area (Å²) < 4.78 is 11.8. The van der Waals surface area contributed by atoms with Crippen LogP contribution in [0.3, 0.4) is 0 Å². The first-order valence-electron chi connectivity index (χ1n) is 11.6. The smallest absolute Gasteiger partial charge is 0.186 e. The maximum atomic E-state index is 10.0. The van der Waals surface area contributed by atoms with Crippen molar-refractivity contribution >= 4 is 0 Å². The standard InChI is InChI=1S/C22H46NO6/c1-4-5-6-7-8-9-10-11-12-13-14-23(2,3)15-16-28-22-21(27)20(26)19(25)18(17-24)29-22/h18-22,24-27H,4-17H2,1-3H3/q+1/t18-,19-,20+,21-,22-/m1/s1. The van der Waals surface area contributed by atoms with Crippen molar-refractivity contribution in [1.29, 1.82) is 0 Å². The number of aliphatic hydroxyl groups is 4. The van der Waals surface area contributed by atoms with E-state index in [-0.39, 0.29) is 0 Å². The summed E-state index contributed by atoms with van der Waals surface area (Å²) in [6.45, 7) is 4.00. The van der Waals surface area contributed by atoms with Crippen molar-refractivity contribution in [3.05, 3.63) is 0 Å². The number of likely N-dealkylation sites (N-methyl/N-ethyl adjacent to an activating group) is 1. The van der Waals surface area contributed by atoms with Gasteiger partial charge in [-0.15, -0.1) is 0 Å². The second-order valence-corrected chi connectivity index (χ2v) is 9.13. The van der Waals surface area contributed by atoms with Crippen LogP contribution in [0.5, 0.6) is 0 Å². The molecule has 1 heterocycles. The van der Waals surface area contributed by atoms with Crippen LogP contribution < -0.4 is 0 Å². The highest BCUT2D eigenvalue weighted by Crippen LogP contribution is 2.22. The van der Waals surface area contributed by atoms with Gasteiger partial charge >= 0.3 is 0 Å². The molecule has 0 amide bonds. The van der Waals surface area contributed by atoms with Crippen LogP contribution in [0, 0.1) is 0 Å². The third-order valence-corrected chi connectivity index (χ3v) is 5.94. The summed E-state index contributed by atoms with van der Waals surface area (Å²) in [5.74, 6) is 0. The van der Waals surface area contributed by atoms with E-state index in [0.717, 1.165) is 17.6 Å². The molecule has 1 fully saturated rings. The highest BCUT2D eigenvalue weighted by atomic mass is 16.7. The number of hydrogen-bond acceptors (Lipinski definition) is 6. The van der Waals surface area contributed by atoms with Gasteiger partial charge in [-0.3, -0.25) is 0 Å². The third-order valence-electron chi connectivity index (χ3n) is 5.94. The number of aliphatic hydroxyl groups excluding tert-OH is 4. The molecule has 0 aromatic heterocycles. The fourth-order valence-corrected chi connectivity index (χ4v) is 3.76. The topological polar surface area (TPSA) is 99.4 Å². The van der Waals surface area contributed by atoms with Crippen LogP contribution in [-0.2, 0) is 9.47 Å². The van der Waals surface area contributed by atoms with Crippen molar-refractivity contribution in [3.8, 4) is 0 Å². The minimum absolute atomic E-state index is 0.369. The Morgan fingerprint density at radius 1 is 0.759 bits per heavy atom. The van der Waals surface area contributed by atoms with Gasteiger partial charge in [0.2, 0.25) is 0 Å². The zero-order valence-electron chi connectivity index (χ0n) is 18.8. The minimum atomic E-state index is -1.39. The number of ether oxygens (including phenoxy) is 2. The van der Waals surface area contributed by atoms with Crippen LogP contribution >= 0.6 is 0 Å². The van der Waals surface area contributed by atoms with Crippen molar-refractivity contribution in [2.24, 2.45) is 0 Å². The van der Waals surface area contributed by atoms with E-state index >= 15 is 0 Å². The first kappa shape index (κ1) is 26.8. The van der Waals surface area contributed by atoms with Crippen molar-refractivity contribution in [1.82, 2.24) is 0 Å². The zero-order valence-corrected chi connectivity index (χ0v) is 18.8. The van der Waals surface area contributed by atoms with E-state index in [1.807, 2.05) is 0 Å². The third kappa shape index (κ3) is 10.5. The molecule has 7 heteroatoms. The highest BCUT2D eigenvalue weighted by molar-refractivity contribution is 4.88. The molecule has 0 spiro atoms. The summed E-state index contributed by atoms with van der Waals surface area (Å²) in [5, 5.41) is 38.8. The summed E-state index contributed by atoms with van der Waals surface area (Å²) in [7, 11) is 4.31. The van der Waals surface area contributed by atoms with E-state index in [9.17, 15) is 20.4 Å². The Morgan fingerprint density at radius 2 is 1.31 bits per heavy atom. The van der Waals surface area contributed by atoms with Crippen molar-refractivity contribution < 1.29 is 34.4 Å². The number of quaternary nitrogens is 1. The van der Waals surface area contributed by atoms with Crippen LogP contribution in [0.4, 0.5) is 0 Å². The van der Waals surface area contributed by atoms with E-state index in [1.54, 1.807) is 0 Å². The SMILES string of the molecule is CCCCCCCCCCCC[N+](C)(C)CCO[C@@H]1O[C@H](CO)[C@@H](O)[C@H](O)[C@H]1O. The van der Waals surface area contributed by atoms with Gasteiger partial charge in [0.05, 0.1) is 33.9 Å². The number of unbranched alkanes of at least 4 members (excludes halogenated alkanes) is 9. The minimum Gasteiger partial charge on any atom is -0.394 e. The maximum absolute atomic E-state index is 10.0. The monoisotopic (exact) mass is 420 g/mol. The molecular weight excluding hydrogens is 374 g/mol. The molecule has 1 aliphatic heterocycles. The van der Waals surface area contributed by atoms with Crippen molar-refractivity contribution in [2.45, 2.75) is 102 Å². The fraction of sp³-hybridized carbons (Fsp3) is 1.00. The van der Waals surface area contributed by atoms with Gasteiger partial charge in [0.25, 0.3) is 0 Å². The molecule has 0 aromatic rings. The molecule has 0 aliphatic carbocycles. The molecule has 0 radical (unpaired) electrons. The summed E-state index contributed by atoms with van der Waals surface area (Å²) in [5.41, 5.74) is 0. The van der Waals surface area contributed by atoms with Crippen LogP contribution in [0.1, 0.15) is 71.1 Å². The molecule has 7 nitrogen and oxygen atoms in total. The summed E-state index contributed by atoms with van der Waals surface area (Å²) in [6.07, 6.45) is 7.21. The van der Waals surface area contributed by atoms with Crippen LogP contribution in [0.15, 0.2) is 0 Å². The van der Waals surface area contributed by atoms with E-state index < -0.39 is 37.3 Å². The van der Waals surface area contributed by atoms with E-state index in [1.165, 1.54) is 64.2 Å². The average molecular weight is 421 g/mol. The molecule has 0 unspecified atom stereocenters. The van der Waals surface area contributed by atoms with Gasteiger partial charge in [-0.2, -0.15) is 0 Å². The molecule has 1 saturated heterocycles. The Morgan fingerprint density at radius 3 is 1.86 bits per heavy atom. The largest absolute Gasteiger partial charge is 0.394 e. The van der Waals surface area contributed by atoms with Crippen molar-refractivity contribution in [2.75, 3.05) is 40.4 Å². The molecule has 29 heavy (non-hydrogen) atoms. The van der Waals surface area contributed by atoms with Crippen LogP contribution in [-0.4, -0.2) is 96.0 Å². The predicted molar refractivity (Wildman–Crippen MR) is 113 cm³/mol. The Balaban J connectivity index is 2.12. The normalized spacial score (nSPS) is 28.0. The summed E-state index contributed by atoms with van der Waals surface area (Å²) in [6, 6.07) is 0. The van der Waals surface area contributed by atoms with Gasteiger partial charge in [0, 0.05) is 0 Å². The van der Waals surface area contributed by atoms with E-state index in [4.69, 9.17) is 9.47 Å². The Labute approximate surface area is 177 Å². The lowest BCUT2D eigenvalue weighted by molar-refractivity contribution is -0.891. The molecule has 174 valence electrons. The number of nitrogens with zero attached hydrogens (tertiary/aromatic N) is 1.